The summed E-state index contributed by atoms with van der Waals surface area (Å²) in [6.45, 7) is 1.24. The summed E-state index contributed by atoms with van der Waals surface area (Å²) in [6, 6.07) is 1.24. The number of nitrogens with one attached hydrogen (secondary N) is 1. The molecular formula is C13H16F3NO. The van der Waals surface area contributed by atoms with Crippen molar-refractivity contribution < 1.29 is 17.9 Å². The molecule has 1 aromatic carbocycles. The maximum absolute atomic E-state index is 13.7. The van der Waals surface area contributed by atoms with E-state index < -0.39 is 17.5 Å². The lowest BCUT2D eigenvalue weighted by molar-refractivity contribution is 0.0541. The minimum Gasteiger partial charge on any atom is -0.381 e. The molecule has 2 nitrogen and oxygen atoms in total. The van der Waals surface area contributed by atoms with E-state index in [1.807, 2.05) is 0 Å². The van der Waals surface area contributed by atoms with Crippen molar-refractivity contribution in [3.05, 3.63) is 35.1 Å². The van der Waals surface area contributed by atoms with E-state index in [-0.39, 0.29) is 17.5 Å². The largest absolute Gasteiger partial charge is 0.381 e. The second-order valence-electron chi connectivity index (χ2n) is 4.50. The number of benzene rings is 1. The molecule has 0 aliphatic carbocycles. The van der Waals surface area contributed by atoms with E-state index in [2.05, 4.69) is 5.32 Å². The maximum atomic E-state index is 13.7. The summed E-state index contributed by atoms with van der Waals surface area (Å²) >= 11 is 0. The fourth-order valence-corrected chi connectivity index (χ4v) is 2.47. The van der Waals surface area contributed by atoms with Gasteiger partial charge in [0.15, 0.2) is 11.6 Å². The molecule has 0 radical (unpaired) electrons. The van der Waals surface area contributed by atoms with Gasteiger partial charge in [0.05, 0.1) is 0 Å². The van der Waals surface area contributed by atoms with Crippen LogP contribution in [0.1, 0.15) is 24.4 Å². The summed E-state index contributed by atoms with van der Waals surface area (Å²) in [4.78, 5) is 0. The van der Waals surface area contributed by atoms with Crippen molar-refractivity contribution in [3.63, 3.8) is 0 Å². The normalized spacial score (nSPS) is 18.9. The summed E-state index contributed by atoms with van der Waals surface area (Å²) in [7, 11) is 1.70. The molecule has 1 aromatic rings. The van der Waals surface area contributed by atoms with Crippen molar-refractivity contribution in [2.75, 3.05) is 20.3 Å². The predicted molar refractivity (Wildman–Crippen MR) is 61.7 cm³/mol. The smallest absolute Gasteiger partial charge is 0.161 e. The summed E-state index contributed by atoms with van der Waals surface area (Å²) < 4.78 is 45.1. The molecule has 1 unspecified atom stereocenters. The second-order valence-corrected chi connectivity index (χ2v) is 4.50. The van der Waals surface area contributed by atoms with Gasteiger partial charge in [-0.3, -0.25) is 0 Å². The molecule has 0 amide bonds. The van der Waals surface area contributed by atoms with Crippen molar-refractivity contribution in [3.8, 4) is 0 Å². The van der Waals surface area contributed by atoms with Crippen LogP contribution in [0.2, 0.25) is 0 Å². The van der Waals surface area contributed by atoms with Crippen LogP contribution < -0.4 is 5.32 Å². The molecule has 1 N–H and O–H groups in total. The Bertz CT molecular complexity index is 419. The highest BCUT2D eigenvalue weighted by Gasteiger charge is 2.27. The molecule has 18 heavy (non-hydrogen) atoms. The summed E-state index contributed by atoms with van der Waals surface area (Å²) in [5, 5.41) is 2.99. The van der Waals surface area contributed by atoms with Gasteiger partial charge in [-0.2, -0.15) is 0 Å². The Morgan fingerprint density at radius 2 is 1.72 bits per heavy atom. The van der Waals surface area contributed by atoms with E-state index in [1.165, 1.54) is 0 Å². The molecule has 0 bridgehead atoms. The number of rotatable bonds is 3. The Labute approximate surface area is 104 Å². The molecule has 1 aliphatic rings. The monoisotopic (exact) mass is 259 g/mol. The zero-order valence-corrected chi connectivity index (χ0v) is 10.2. The van der Waals surface area contributed by atoms with Crippen molar-refractivity contribution in [2.45, 2.75) is 18.9 Å². The Morgan fingerprint density at radius 3 is 2.33 bits per heavy atom. The van der Waals surface area contributed by atoms with Crippen molar-refractivity contribution >= 4 is 0 Å². The minimum atomic E-state index is -1.15. The van der Waals surface area contributed by atoms with Crippen LogP contribution in [0.4, 0.5) is 13.2 Å². The van der Waals surface area contributed by atoms with Crippen LogP contribution in [0.5, 0.6) is 0 Å². The van der Waals surface area contributed by atoms with Gasteiger partial charge in [0.2, 0.25) is 0 Å². The van der Waals surface area contributed by atoms with E-state index in [4.69, 9.17) is 4.74 Å². The van der Waals surface area contributed by atoms with Gasteiger partial charge in [-0.1, -0.05) is 0 Å². The second kappa shape index (κ2) is 5.71. The lowest BCUT2D eigenvalue weighted by Gasteiger charge is -2.30. The number of halogens is 3. The van der Waals surface area contributed by atoms with Gasteiger partial charge < -0.3 is 10.1 Å². The van der Waals surface area contributed by atoms with Gasteiger partial charge in [0.1, 0.15) is 5.82 Å². The van der Waals surface area contributed by atoms with Gasteiger partial charge in [-0.25, -0.2) is 13.2 Å². The molecule has 100 valence electrons. The third-order valence-electron chi connectivity index (χ3n) is 3.42. The third-order valence-corrected chi connectivity index (χ3v) is 3.42. The maximum Gasteiger partial charge on any atom is 0.161 e. The number of hydrogen-bond donors (Lipinski definition) is 1. The minimum absolute atomic E-state index is 0.170. The highest BCUT2D eigenvalue weighted by Crippen LogP contribution is 2.32. The quantitative estimate of drug-likeness (QED) is 0.843. The van der Waals surface area contributed by atoms with E-state index in [1.54, 1.807) is 7.05 Å². The molecule has 1 saturated heterocycles. The fourth-order valence-electron chi connectivity index (χ4n) is 2.47. The zero-order valence-electron chi connectivity index (χ0n) is 10.2. The van der Waals surface area contributed by atoms with Gasteiger partial charge in [-0.15, -0.1) is 0 Å². The van der Waals surface area contributed by atoms with Crippen LogP contribution in [-0.2, 0) is 4.74 Å². The van der Waals surface area contributed by atoms with Crippen LogP contribution in [-0.4, -0.2) is 20.3 Å². The standard InChI is InChI=1S/C13H16F3NO/c1-17-13(8-2-4-18-5-3-8)9-6-11(15)12(16)7-10(9)14/h6-8,13,17H,2-5H2,1H3. The molecular weight excluding hydrogens is 243 g/mol. The highest BCUT2D eigenvalue weighted by atomic mass is 19.2. The lowest BCUT2D eigenvalue weighted by Crippen LogP contribution is -2.30. The Kier molecular flexibility index (Phi) is 4.24. The first kappa shape index (κ1) is 13.4. The zero-order chi connectivity index (χ0) is 13.1. The molecule has 5 heteroatoms. The van der Waals surface area contributed by atoms with Gasteiger partial charge >= 0.3 is 0 Å². The summed E-state index contributed by atoms with van der Waals surface area (Å²) in [5.74, 6) is -2.71. The highest BCUT2D eigenvalue weighted by molar-refractivity contribution is 5.24. The molecule has 1 fully saturated rings. The first-order valence-corrected chi connectivity index (χ1v) is 6.03. The summed E-state index contributed by atoms with van der Waals surface area (Å²) in [5.41, 5.74) is 0.184. The molecule has 0 spiro atoms. The lowest BCUT2D eigenvalue weighted by atomic mass is 9.87. The Balaban J connectivity index is 2.28. The van der Waals surface area contributed by atoms with Crippen LogP contribution in [0.25, 0.3) is 0 Å². The van der Waals surface area contributed by atoms with Crippen LogP contribution in [0, 0.1) is 23.4 Å². The Morgan fingerprint density at radius 1 is 1.11 bits per heavy atom. The fraction of sp³-hybridized carbons (Fsp3) is 0.538. The van der Waals surface area contributed by atoms with E-state index in [0.717, 1.165) is 18.9 Å². The van der Waals surface area contributed by atoms with Crippen molar-refractivity contribution in [2.24, 2.45) is 5.92 Å². The Hall–Kier alpha value is -1.07. The average Bonchev–Trinajstić information content (AvgIpc) is 2.38. The number of hydrogen-bond acceptors (Lipinski definition) is 2. The van der Waals surface area contributed by atoms with Crippen molar-refractivity contribution in [1.29, 1.82) is 0 Å². The van der Waals surface area contributed by atoms with Gasteiger partial charge in [0.25, 0.3) is 0 Å². The van der Waals surface area contributed by atoms with Crippen molar-refractivity contribution in [1.82, 2.24) is 5.32 Å². The molecule has 0 aromatic heterocycles. The summed E-state index contributed by atoms with van der Waals surface area (Å²) in [6.07, 6.45) is 1.56. The molecule has 1 aliphatic heterocycles. The van der Waals surface area contributed by atoms with Crippen LogP contribution in [0.15, 0.2) is 12.1 Å². The first-order valence-electron chi connectivity index (χ1n) is 6.03. The van der Waals surface area contributed by atoms with Crippen LogP contribution >= 0.6 is 0 Å². The van der Waals surface area contributed by atoms with Gasteiger partial charge in [0, 0.05) is 30.9 Å². The topological polar surface area (TPSA) is 21.3 Å². The first-order chi connectivity index (χ1) is 8.63. The van der Waals surface area contributed by atoms with E-state index in [9.17, 15) is 13.2 Å². The number of ether oxygens (including phenoxy) is 1. The third kappa shape index (κ3) is 2.67. The van der Waals surface area contributed by atoms with E-state index in [0.29, 0.717) is 19.3 Å². The van der Waals surface area contributed by atoms with Crippen LogP contribution in [0.3, 0.4) is 0 Å². The van der Waals surface area contributed by atoms with E-state index >= 15 is 0 Å². The molecule has 2 rings (SSSR count). The van der Waals surface area contributed by atoms with Gasteiger partial charge in [-0.05, 0) is 31.9 Å². The molecule has 1 heterocycles. The molecule has 1 atom stereocenters. The SMILES string of the molecule is CNC(c1cc(F)c(F)cc1F)C1CCOCC1. The average molecular weight is 259 g/mol. The predicted octanol–water partition coefficient (Wildman–Crippen LogP) is 2.79. The molecule has 0 saturated carbocycles.